The molecular formula is C21H23BrN4O3. The molecule has 1 aliphatic carbocycles. The fraction of sp³-hybridized carbons (Fsp3) is 0.333. The van der Waals surface area contributed by atoms with Gasteiger partial charge in [0.05, 0.1) is 11.1 Å². The van der Waals surface area contributed by atoms with Gasteiger partial charge in [-0.3, -0.25) is 14.9 Å². The molecule has 3 rings (SSSR count). The molecule has 0 atom stereocenters. The summed E-state index contributed by atoms with van der Waals surface area (Å²) in [5.41, 5.74) is 4.41. The van der Waals surface area contributed by atoms with E-state index in [1.54, 1.807) is 24.3 Å². The van der Waals surface area contributed by atoms with E-state index in [1.165, 1.54) is 37.6 Å². The fourth-order valence-corrected chi connectivity index (χ4v) is 4.00. The van der Waals surface area contributed by atoms with Gasteiger partial charge in [0.1, 0.15) is 0 Å². The molecule has 29 heavy (non-hydrogen) atoms. The zero-order valence-corrected chi connectivity index (χ0v) is 17.8. The Morgan fingerprint density at radius 2 is 2.00 bits per heavy atom. The van der Waals surface area contributed by atoms with Gasteiger partial charge < -0.3 is 4.90 Å². The second kappa shape index (κ2) is 9.65. The number of anilines is 1. The van der Waals surface area contributed by atoms with Crippen LogP contribution in [0.2, 0.25) is 0 Å². The van der Waals surface area contributed by atoms with Crippen LogP contribution in [0.3, 0.4) is 0 Å². The minimum absolute atomic E-state index is 0.00874. The summed E-state index contributed by atoms with van der Waals surface area (Å²) in [5, 5.41) is 15.3. The SMILES string of the molecule is CN(c1ccc([N+](=O)[O-])cc1/C=N/NC(=O)c1cccc(Br)c1)C1CCCCC1. The third kappa shape index (κ3) is 5.41. The van der Waals surface area contributed by atoms with Gasteiger partial charge in [0.2, 0.25) is 0 Å². The lowest BCUT2D eigenvalue weighted by atomic mass is 9.94. The number of nitro groups is 1. The first-order valence-corrected chi connectivity index (χ1v) is 10.4. The maximum atomic E-state index is 12.3. The molecule has 0 radical (unpaired) electrons. The molecule has 1 aliphatic rings. The van der Waals surface area contributed by atoms with Crippen molar-refractivity contribution in [3.8, 4) is 0 Å². The second-order valence-electron chi connectivity index (χ2n) is 7.11. The monoisotopic (exact) mass is 458 g/mol. The molecule has 0 heterocycles. The van der Waals surface area contributed by atoms with Crippen molar-refractivity contribution in [2.75, 3.05) is 11.9 Å². The smallest absolute Gasteiger partial charge is 0.271 e. The van der Waals surface area contributed by atoms with Gasteiger partial charge in [-0.2, -0.15) is 5.10 Å². The number of hydrogen-bond acceptors (Lipinski definition) is 5. The van der Waals surface area contributed by atoms with E-state index < -0.39 is 4.92 Å². The van der Waals surface area contributed by atoms with Crippen LogP contribution in [0.1, 0.15) is 48.0 Å². The molecule has 8 heteroatoms. The van der Waals surface area contributed by atoms with Gasteiger partial charge in [-0.05, 0) is 37.1 Å². The minimum atomic E-state index is -0.429. The third-order valence-corrected chi connectivity index (χ3v) is 5.67. The average molecular weight is 459 g/mol. The van der Waals surface area contributed by atoms with E-state index in [-0.39, 0.29) is 11.6 Å². The lowest BCUT2D eigenvalue weighted by Gasteiger charge is -2.33. The Labute approximate surface area is 178 Å². The standard InChI is InChI=1S/C21H23BrN4O3/c1-25(18-8-3-2-4-9-18)20-11-10-19(26(28)29)13-16(20)14-23-24-21(27)15-6-5-7-17(22)12-15/h5-7,10-14,18H,2-4,8-9H2,1H3,(H,24,27)/b23-14+. The number of carbonyl (C=O) groups is 1. The van der Waals surface area contributed by atoms with Gasteiger partial charge >= 0.3 is 0 Å². The van der Waals surface area contributed by atoms with Crippen LogP contribution in [0.4, 0.5) is 11.4 Å². The Morgan fingerprint density at radius 3 is 2.69 bits per heavy atom. The molecule has 0 aromatic heterocycles. The van der Waals surface area contributed by atoms with Gasteiger partial charge in [-0.15, -0.1) is 0 Å². The summed E-state index contributed by atoms with van der Waals surface area (Å²) in [6.07, 6.45) is 7.30. The van der Waals surface area contributed by atoms with Crippen LogP contribution in [0.15, 0.2) is 52.0 Å². The van der Waals surface area contributed by atoms with Crippen LogP contribution >= 0.6 is 15.9 Å². The Kier molecular flexibility index (Phi) is 6.98. The number of hydrazone groups is 1. The van der Waals surface area contributed by atoms with Crippen LogP contribution in [0, 0.1) is 10.1 Å². The predicted molar refractivity (Wildman–Crippen MR) is 118 cm³/mol. The van der Waals surface area contributed by atoms with E-state index in [0.29, 0.717) is 17.2 Å². The molecule has 0 bridgehead atoms. The number of nitrogens with zero attached hydrogens (tertiary/aromatic N) is 3. The van der Waals surface area contributed by atoms with Crippen molar-refractivity contribution in [2.24, 2.45) is 5.10 Å². The Morgan fingerprint density at radius 1 is 1.24 bits per heavy atom. The van der Waals surface area contributed by atoms with Crippen LogP contribution in [-0.4, -0.2) is 30.1 Å². The quantitative estimate of drug-likeness (QED) is 0.379. The number of non-ortho nitro benzene ring substituents is 1. The van der Waals surface area contributed by atoms with Crippen molar-refractivity contribution in [1.29, 1.82) is 0 Å². The lowest BCUT2D eigenvalue weighted by molar-refractivity contribution is -0.384. The van der Waals surface area contributed by atoms with Gasteiger partial charge in [0.15, 0.2) is 0 Å². The van der Waals surface area contributed by atoms with E-state index in [1.807, 2.05) is 13.1 Å². The number of hydrogen-bond donors (Lipinski definition) is 1. The molecule has 2 aromatic carbocycles. The summed E-state index contributed by atoms with van der Waals surface area (Å²) in [6, 6.07) is 12.1. The summed E-state index contributed by atoms with van der Waals surface area (Å²) < 4.78 is 0.796. The molecule has 1 fully saturated rings. The first-order chi connectivity index (χ1) is 14.0. The van der Waals surface area contributed by atoms with E-state index in [2.05, 4.69) is 31.4 Å². The number of amides is 1. The molecule has 7 nitrogen and oxygen atoms in total. The highest BCUT2D eigenvalue weighted by Crippen LogP contribution is 2.30. The third-order valence-electron chi connectivity index (χ3n) is 5.18. The summed E-state index contributed by atoms with van der Waals surface area (Å²) in [4.78, 5) is 25.2. The normalized spacial score (nSPS) is 14.7. The van der Waals surface area contributed by atoms with E-state index in [0.717, 1.165) is 23.0 Å². The van der Waals surface area contributed by atoms with E-state index >= 15 is 0 Å². The van der Waals surface area contributed by atoms with Crippen molar-refractivity contribution >= 4 is 39.4 Å². The largest absolute Gasteiger partial charge is 0.371 e. The zero-order chi connectivity index (χ0) is 20.8. The van der Waals surface area contributed by atoms with Crippen molar-refractivity contribution < 1.29 is 9.72 Å². The highest BCUT2D eigenvalue weighted by atomic mass is 79.9. The summed E-state index contributed by atoms with van der Waals surface area (Å²) in [5.74, 6) is -0.352. The Balaban J connectivity index is 1.81. The number of carbonyl (C=O) groups excluding carboxylic acids is 1. The summed E-state index contributed by atoms with van der Waals surface area (Å²) >= 11 is 3.33. The number of nitrogens with one attached hydrogen (secondary N) is 1. The number of benzene rings is 2. The topological polar surface area (TPSA) is 87.8 Å². The number of rotatable bonds is 6. The van der Waals surface area contributed by atoms with E-state index in [4.69, 9.17) is 0 Å². The molecule has 0 aliphatic heterocycles. The molecule has 152 valence electrons. The maximum absolute atomic E-state index is 12.3. The summed E-state index contributed by atoms with van der Waals surface area (Å²) in [7, 11) is 2.01. The summed E-state index contributed by atoms with van der Waals surface area (Å²) in [6.45, 7) is 0. The van der Waals surface area contributed by atoms with Gasteiger partial charge in [-0.1, -0.05) is 41.3 Å². The molecule has 1 amide bonds. The van der Waals surface area contributed by atoms with Crippen LogP contribution in [0.25, 0.3) is 0 Å². The molecule has 2 aromatic rings. The van der Waals surface area contributed by atoms with E-state index in [9.17, 15) is 14.9 Å². The highest BCUT2D eigenvalue weighted by molar-refractivity contribution is 9.10. The minimum Gasteiger partial charge on any atom is -0.371 e. The molecular weight excluding hydrogens is 436 g/mol. The molecule has 0 saturated heterocycles. The highest BCUT2D eigenvalue weighted by Gasteiger charge is 2.21. The Hall–Kier alpha value is -2.74. The van der Waals surface area contributed by atoms with Crippen molar-refractivity contribution in [1.82, 2.24) is 5.43 Å². The van der Waals surface area contributed by atoms with Crippen molar-refractivity contribution in [2.45, 2.75) is 38.1 Å². The molecule has 1 N–H and O–H groups in total. The first kappa shape index (κ1) is 21.0. The number of nitro benzene ring substituents is 1. The van der Waals surface area contributed by atoms with Gasteiger partial charge in [-0.25, -0.2) is 5.43 Å². The van der Waals surface area contributed by atoms with Gasteiger partial charge in [0, 0.05) is 46.5 Å². The predicted octanol–water partition coefficient (Wildman–Crippen LogP) is 4.89. The Bertz CT molecular complexity index is 926. The first-order valence-electron chi connectivity index (χ1n) is 9.56. The fourth-order valence-electron chi connectivity index (χ4n) is 3.60. The zero-order valence-electron chi connectivity index (χ0n) is 16.2. The van der Waals surface area contributed by atoms with Gasteiger partial charge in [0.25, 0.3) is 11.6 Å². The second-order valence-corrected chi connectivity index (χ2v) is 8.03. The lowest BCUT2D eigenvalue weighted by Crippen LogP contribution is -2.34. The van der Waals surface area contributed by atoms with Crippen LogP contribution < -0.4 is 10.3 Å². The molecule has 0 unspecified atom stereocenters. The maximum Gasteiger partial charge on any atom is 0.271 e. The molecule has 1 saturated carbocycles. The van der Waals surface area contributed by atoms with Crippen LogP contribution in [0.5, 0.6) is 0 Å². The van der Waals surface area contributed by atoms with Crippen molar-refractivity contribution in [3.63, 3.8) is 0 Å². The molecule has 0 spiro atoms. The van der Waals surface area contributed by atoms with Crippen molar-refractivity contribution in [3.05, 3.63) is 68.2 Å². The average Bonchev–Trinajstić information content (AvgIpc) is 2.73. The van der Waals surface area contributed by atoms with Crippen LogP contribution in [-0.2, 0) is 0 Å². The number of halogens is 1.